The van der Waals surface area contributed by atoms with Crippen molar-refractivity contribution >= 4 is 17.8 Å². The van der Waals surface area contributed by atoms with Gasteiger partial charge in [0.2, 0.25) is 5.91 Å². The first-order chi connectivity index (χ1) is 8.49. The highest BCUT2D eigenvalue weighted by molar-refractivity contribution is 5.87. The minimum atomic E-state index is -1.40. The third kappa shape index (κ3) is 4.65. The van der Waals surface area contributed by atoms with Gasteiger partial charge in [-0.2, -0.15) is 0 Å². The molecule has 0 radical (unpaired) electrons. The topological polar surface area (TPSA) is 104 Å². The molecule has 6 nitrogen and oxygen atoms in total. The fourth-order valence-electron chi connectivity index (χ4n) is 1.40. The molecule has 3 N–H and O–H groups in total. The summed E-state index contributed by atoms with van der Waals surface area (Å²) in [5, 5.41) is 19.5. The van der Waals surface area contributed by atoms with Gasteiger partial charge in [0.15, 0.2) is 0 Å². The summed E-state index contributed by atoms with van der Waals surface area (Å²) < 4.78 is 0. The maximum atomic E-state index is 11.5. The summed E-state index contributed by atoms with van der Waals surface area (Å²) in [4.78, 5) is 32.7. The zero-order valence-corrected chi connectivity index (χ0v) is 9.50. The normalized spacial score (nSPS) is 11.6. The van der Waals surface area contributed by atoms with Gasteiger partial charge >= 0.3 is 11.9 Å². The number of aliphatic carboxylic acids is 2. The van der Waals surface area contributed by atoms with Crippen LogP contribution < -0.4 is 5.32 Å². The SMILES string of the molecule is O=C(O)C[C@@H](NC(=O)Cc1ccccc1)C(=O)O. The zero-order valence-electron chi connectivity index (χ0n) is 9.50. The van der Waals surface area contributed by atoms with Gasteiger partial charge in [0.1, 0.15) is 6.04 Å². The average molecular weight is 251 g/mol. The van der Waals surface area contributed by atoms with Crippen molar-refractivity contribution in [1.82, 2.24) is 5.32 Å². The Hall–Kier alpha value is -2.37. The number of carboxylic acid groups (broad SMARTS) is 2. The lowest BCUT2D eigenvalue weighted by Crippen LogP contribution is -2.42. The Labute approximate surface area is 103 Å². The van der Waals surface area contributed by atoms with Crippen molar-refractivity contribution < 1.29 is 24.6 Å². The summed E-state index contributed by atoms with van der Waals surface area (Å²) in [6.07, 6.45) is -0.625. The highest BCUT2D eigenvalue weighted by Crippen LogP contribution is 2.00. The molecule has 0 aliphatic carbocycles. The van der Waals surface area contributed by atoms with Crippen molar-refractivity contribution in [1.29, 1.82) is 0 Å². The van der Waals surface area contributed by atoms with Crippen LogP contribution in [-0.4, -0.2) is 34.1 Å². The van der Waals surface area contributed by atoms with Crippen molar-refractivity contribution in [3.8, 4) is 0 Å². The Balaban J connectivity index is 2.56. The van der Waals surface area contributed by atoms with Gasteiger partial charge in [-0.1, -0.05) is 30.3 Å². The second kappa shape index (κ2) is 6.39. The molecule has 18 heavy (non-hydrogen) atoms. The fourth-order valence-corrected chi connectivity index (χ4v) is 1.40. The lowest BCUT2D eigenvalue weighted by atomic mass is 10.1. The molecule has 0 aromatic heterocycles. The number of benzene rings is 1. The van der Waals surface area contributed by atoms with E-state index in [2.05, 4.69) is 5.32 Å². The summed E-state index contributed by atoms with van der Waals surface area (Å²) in [6.45, 7) is 0. The summed E-state index contributed by atoms with van der Waals surface area (Å²) in [6, 6.07) is 7.37. The minimum Gasteiger partial charge on any atom is -0.481 e. The molecule has 0 aliphatic heterocycles. The maximum Gasteiger partial charge on any atom is 0.326 e. The van der Waals surface area contributed by atoms with Crippen molar-refractivity contribution in [2.45, 2.75) is 18.9 Å². The number of rotatable bonds is 6. The fraction of sp³-hybridized carbons (Fsp3) is 0.250. The Bertz CT molecular complexity index is 443. The molecule has 0 aliphatic rings. The largest absolute Gasteiger partial charge is 0.481 e. The average Bonchev–Trinajstić information content (AvgIpc) is 2.28. The van der Waals surface area contributed by atoms with E-state index < -0.39 is 30.3 Å². The van der Waals surface area contributed by atoms with E-state index in [-0.39, 0.29) is 6.42 Å². The molecule has 0 spiro atoms. The summed E-state index contributed by atoms with van der Waals surface area (Å²) in [5.74, 6) is -3.16. The molecule has 0 saturated heterocycles. The van der Waals surface area contributed by atoms with Gasteiger partial charge in [-0.15, -0.1) is 0 Å². The van der Waals surface area contributed by atoms with E-state index in [4.69, 9.17) is 10.2 Å². The molecule has 1 aromatic carbocycles. The van der Waals surface area contributed by atoms with Crippen LogP contribution in [0.2, 0.25) is 0 Å². The zero-order chi connectivity index (χ0) is 13.5. The van der Waals surface area contributed by atoms with Gasteiger partial charge in [0, 0.05) is 0 Å². The van der Waals surface area contributed by atoms with Gasteiger partial charge in [0.05, 0.1) is 12.8 Å². The van der Waals surface area contributed by atoms with Crippen molar-refractivity contribution in [3.05, 3.63) is 35.9 Å². The van der Waals surface area contributed by atoms with Gasteiger partial charge in [0.25, 0.3) is 0 Å². The van der Waals surface area contributed by atoms with E-state index >= 15 is 0 Å². The van der Waals surface area contributed by atoms with E-state index in [1.165, 1.54) is 0 Å². The summed E-state index contributed by atoms with van der Waals surface area (Å²) in [7, 11) is 0. The third-order valence-electron chi connectivity index (χ3n) is 2.22. The minimum absolute atomic E-state index is 0.0181. The smallest absolute Gasteiger partial charge is 0.326 e. The highest BCUT2D eigenvalue weighted by atomic mass is 16.4. The van der Waals surface area contributed by atoms with Crippen LogP contribution in [0.1, 0.15) is 12.0 Å². The van der Waals surface area contributed by atoms with Crippen LogP contribution in [0.15, 0.2) is 30.3 Å². The van der Waals surface area contributed by atoms with Crippen LogP contribution in [0.25, 0.3) is 0 Å². The van der Waals surface area contributed by atoms with Crippen LogP contribution in [0.4, 0.5) is 0 Å². The quantitative estimate of drug-likeness (QED) is 0.673. The summed E-state index contributed by atoms with van der Waals surface area (Å²) in [5.41, 5.74) is 0.731. The van der Waals surface area contributed by atoms with Crippen molar-refractivity contribution in [2.24, 2.45) is 0 Å². The van der Waals surface area contributed by atoms with Crippen LogP contribution in [-0.2, 0) is 20.8 Å². The van der Waals surface area contributed by atoms with Crippen LogP contribution in [0.3, 0.4) is 0 Å². The third-order valence-corrected chi connectivity index (χ3v) is 2.22. The molecule has 0 fully saturated rings. The molecule has 1 amide bonds. The van der Waals surface area contributed by atoms with Crippen molar-refractivity contribution in [2.75, 3.05) is 0 Å². The first-order valence-corrected chi connectivity index (χ1v) is 5.27. The summed E-state index contributed by atoms with van der Waals surface area (Å²) >= 11 is 0. The van der Waals surface area contributed by atoms with Crippen LogP contribution in [0, 0.1) is 0 Å². The Morgan fingerprint density at radius 2 is 1.72 bits per heavy atom. The molecule has 1 rings (SSSR count). The van der Waals surface area contributed by atoms with E-state index in [9.17, 15) is 14.4 Å². The molecule has 1 aromatic rings. The number of hydrogen-bond donors (Lipinski definition) is 3. The number of amides is 1. The van der Waals surface area contributed by atoms with E-state index in [1.807, 2.05) is 0 Å². The molecule has 0 unspecified atom stereocenters. The van der Waals surface area contributed by atoms with Crippen LogP contribution >= 0.6 is 0 Å². The van der Waals surface area contributed by atoms with Gasteiger partial charge in [-0.25, -0.2) is 4.79 Å². The van der Waals surface area contributed by atoms with E-state index in [0.29, 0.717) is 0 Å². The Kier molecular flexibility index (Phi) is 4.86. The lowest BCUT2D eigenvalue weighted by Gasteiger charge is -2.12. The molecule has 0 saturated carbocycles. The molecular formula is C12H13NO5. The Morgan fingerprint density at radius 3 is 2.22 bits per heavy atom. The number of carboxylic acids is 2. The molecule has 1 atom stereocenters. The monoisotopic (exact) mass is 251 g/mol. The van der Waals surface area contributed by atoms with Crippen LogP contribution in [0.5, 0.6) is 0 Å². The second-order valence-corrected chi connectivity index (χ2v) is 3.72. The standard InChI is InChI=1S/C12H13NO5/c14-10(6-8-4-2-1-3-5-8)13-9(12(17)18)7-11(15)16/h1-5,9H,6-7H2,(H,13,14)(H,15,16)(H,17,18)/t9-/m1/s1. The predicted molar refractivity (Wildman–Crippen MR) is 62.0 cm³/mol. The number of nitrogens with one attached hydrogen (secondary N) is 1. The van der Waals surface area contributed by atoms with Gasteiger partial charge < -0.3 is 15.5 Å². The van der Waals surface area contributed by atoms with E-state index in [0.717, 1.165) is 5.56 Å². The number of carbonyl (C=O) groups excluding carboxylic acids is 1. The van der Waals surface area contributed by atoms with Gasteiger partial charge in [-0.3, -0.25) is 9.59 Å². The first-order valence-electron chi connectivity index (χ1n) is 5.27. The highest BCUT2D eigenvalue weighted by Gasteiger charge is 2.22. The molecule has 96 valence electrons. The maximum absolute atomic E-state index is 11.5. The molecule has 6 heteroatoms. The second-order valence-electron chi connectivity index (χ2n) is 3.72. The first kappa shape index (κ1) is 13.7. The predicted octanol–water partition coefficient (Wildman–Crippen LogP) is 0.273. The Morgan fingerprint density at radius 1 is 1.11 bits per heavy atom. The number of hydrogen-bond acceptors (Lipinski definition) is 3. The molecule has 0 bridgehead atoms. The van der Waals surface area contributed by atoms with Gasteiger partial charge in [-0.05, 0) is 5.56 Å². The number of carbonyl (C=O) groups is 3. The molecule has 0 heterocycles. The van der Waals surface area contributed by atoms with Crippen molar-refractivity contribution in [3.63, 3.8) is 0 Å². The van der Waals surface area contributed by atoms with E-state index in [1.54, 1.807) is 30.3 Å². The molecular weight excluding hydrogens is 238 g/mol. The lowest BCUT2D eigenvalue weighted by molar-refractivity contribution is -0.147.